The van der Waals surface area contributed by atoms with Gasteiger partial charge in [0.05, 0.1) is 19.3 Å². The zero-order valence-corrected chi connectivity index (χ0v) is 11.2. The minimum Gasteiger partial charge on any atom is -0.372 e. The minimum atomic E-state index is -0.0652. The number of hydrogen-bond donors (Lipinski definition) is 2. The summed E-state index contributed by atoms with van der Waals surface area (Å²) in [6.07, 6.45) is 0. The first-order chi connectivity index (χ1) is 9.28. The maximum Gasteiger partial charge on any atom is 0.0725 e. The van der Waals surface area contributed by atoms with Gasteiger partial charge in [-0.25, -0.2) is 5.43 Å². The van der Waals surface area contributed by atoms with Crippen LogP contribution >= 0.6 is 11.6 Å². The number of benzene rings is 2. The molecule has 0 spiro atoms. The molecule has 1 heterocycles. The topological polar surface area (TPSA) is 47.3 Å². The molecule has 1 atom stereocenters. The molecule has 3 N–H and O–H groups in total. The SMILES string of the molecule is NNC(c1cccc(Cl)c1)c1ccc2c(c1)COC2. The van der Waals surface area contributed by atoms with Crippen molar-refractivity contribution >= 4 is 11.6 Å². The van der Waals surface area contributed by atoms with Crippen molar-refractivity contribution in [2.24, 2.45) is 5.84 Å². The normalized spacial score (nSPS) is 15.3. The monoisotopic (exact) mass is 274 g/mol. The first-order valence-electron chi connectivity index (χ1n) is 6.19. The second-order valence-electron chi connectivity index (χ2n) is 4.68. The van der Waals surface area contributed by atoms with Crippen LogP contribution in [0.2, 0.25) is 5.02 Å². The molecule has 98 valence electrons. The van der Waals surface area contributed by atoms with Crippen LogP contribution in [0.5, 0.6) is 0 Å². The van der Waals surface area contributed by atoms with Gasteiger partial charge in [0.15, 0.2) is 0 Å². The second-order valence-corrected chi connectivity index (χ2v) is 5.11. The van der Waals surface area contributed by atoms with Crippen molar-refractivity contribution in [3.63, 3.8) is 0 Å². The summed E-state index contributed by atoms with van der Waals surface area (Å²) in [7, 11) is 0. The van der Waals surface area contributed by atoms with E-state index in [2.05, 4.69) is 23.6 Å². The third kappa shape index (κ3) is 2.51. The van der Waals surface area contributed by atoms with Crippen molar-refractivity contribution in [1.82, 2.24) is 5.43 Å². The predicted octanol–water partition coefficient (Wildman–Crippen LogP) is 2.92. The Morgan fingerprint density at radius 1 is 1.05 bits per heavy atom. The minimum absolute atomic E-state index is 0.0652. The van der Waals surface area contributed by atoms with E-state index in [4.69, 9.17) is 22.2 Å². The zero-order chi connectivity index (χ0) is 13.2. The van der Waals surface area contributed by atoms with Gasteiger partial charge in [-0.3, -0.25) is 5.84 Å². The Morgan fingerprint density at radius 3 is 2.63 bits per heavy atom. The van der Waals surface area contributed by atoms with Gasteiger partial charge in [-0.15, -0.1) is 0 Å². The van der Waals surface area contributed by atoms with E-state index in [1.165, 1.54) is 11.1 Å². The van der Waals surface area contributed by atoms with Crippen molar-refractivity contribution in [2.75, 3.05) is 0 Å². The second kappa shape index (κ2) is 5.31. The number of hydrogen-bond acceptors (Lipinski definition) is 3. The third-order valence-corrected chi connectivity index (χ3v) is 3.66. The van der Waals surface area contributed by atoms with Gasteiger partial charge in [0, 0.05) is 5.02 Å². The van der Waals surface area contributed by atoms with E-state index in [1.54, 1.807) is 0 Å². The molecule has 4 heteroatoms. The highest BCUT2D eigenvalue weighted by atomic mass is 35.5. The summed E-state index contributed by atoms with van der Waals surface area (Å²) in [5, 5.41) is 0.710. The van der Waals surface area contributed by atoms with Crippen LogP contribution in [-0.2, 0) is 18.0 Å². The van der Waals surface area contributed by atoms with Gasteiger partial charge in [-0.05, 0) is 34.4 Å². The van der Waals surface area contributed by atoms with Crippen LogP contribution in [0.25, 0.3) is 0 Å². The fourth-order valence-corrected chi connectivity index (χ4v) is 2.64. The molecule has 0 bridgehead atoms. The smallest absolute Gasteiger partial charge is 0.0725 e. The zero-order valence-electron chi connectivity index (χ0n) is 10.4. The van der Waals surface area contributed by atoms with Gasteiger partial charge in [-0.2, -0.15) is 0 Å². The average molecular weight is 275 g/mol. The number of rotatable bonds is 3. The lowest BCUT2D eigenvalue weighted by Crippen LogP contribution is -2.28. The van der Waals surface area contributed by atoms with E-state index in [9.17, 15) is 0 Å². The number of ether oxygens (including phenoxy) is 1. The molecule has 0 saturated carbocycles. The van der Waals surface area contributed by atoms with Gasteiger partial charge in [0.2, 0.25) is 0 Å². The lowest BCUT2D eigenvalue weighted by Gasteiger charge is -2.18. The highest BCUT2D eigenvalue weighted by Gasteiger charge is 2.17. The number of fused-ring (bicyclic) bond motifs is 1. The maximum absolute atomic E-state index is 6.04. The first-order valence-corrected chi connectivity index (χ1v) is 6.57. The molecule has 0 fully saturated rings. The van der Waals surface area contributed by atoms with Gasteiger partial charge in [0.1, 0.15) is 0 Å². The Balaban J connectivity index is 1.98. The van der Waals surface area contributed by atoms with E-state index >= 15 is 0 Å². The summed E-state index contributed by atoms with van der Waals surface area (Å²) in [4.78, 5) is 0. The maximum atomic E-state index is 6.04. The molecule has 0 amide bonds. The third-order valence-electron chi connectivity index (χ3n) is 3.43. The molecule has 0 aliphatic carbocycles. The molecule has 19 heavy (non-hydrogen) atoms. The molecule has 3 rings (SSSR count). The van der Waals surface area contributed by atoms with Crippen LogP contribution in [-0.4, -0.2) is 0 Å². The quantitative estimate of drug-likeness (QED) is 0.668. The fourth-order valence-electron chi connectivity index (χ4n) is 2.44. The Labute approximate surface area is 117 Å². The van der Waals surface area contributed by atoms with Crippen LogP contribution in [0, 0.1) is 0 Å². The van der Waals surface area contributed by atoms with Crippen LogP contribution in [0.15, 0.2) is 42.5 Å². The predicted molar refractivity (Wildman–Crippen MR) is 75.6 cm³/mol. The van der Waals surface area contributed by atoms with Gasteiger partial charge in [0.25, 0.3) is 0 Å². The van der Waals surface area contributed by atoms with E-state index in [-0.39, 0.29) is 6.04 Å². The Morgan fingerprint density at radius 2 is 1.84 bits per heavy atom. The summed E-state index contributed by atoms with van der Waals surface area (Å²) in [6.45, 7) is 1.38. The molecule has 1 aliphatic rings. The molecule has 0 aromatic heterocycles. The molecule has 0 radical (unpaired) electrons. The summed E-state index contributed by atoms with van der Waals surface area (Å²) in [5.74, 6) is 5.71. The van der Waals surface area contributed by atoms with Crippen LogP contribution in [0.4, 0.5) is 0 Å². The average Bonchev–Trinajstić information content (AvgIpc) is 2.87. The van der Waals surface area contributed by atoms with Crippen molar-refractivity contribution in [3.8, 4) is 0 Å². The first kappa shape index (κ1) is 12.6. The van der Waals surface area contributed by atoms with Gasteiger partial charge < -0.3 is 4.74 Å². The summed E-state index contributed by atoms with van der Waals surface area (Å²) >= 11 is 6.04. The molecule has 1 aliphatic heterocycles. The van der Waals surface area contributed by atoms with E-state index in [1.807, 2.05) is 24.3 Å². The Bertz CT molecular complexity index is 600. The standard InChI is InChI=1S/C15H15ClN2O/c16-14-3-1-2-10(7-14)15(18-17)11-4-5-12-8-19-9-13(12)6-11/h1-7,15,18H,8-9,17H2. The summed E-state index contributed by atoms with van der Waals surface area (Å²) in [5.41, 5.74) is 7.51. The molecule has 2 aromatic rings. The lowest BCUT2D eigenvalue weighted by atomic mass is 9.96. The molecule has 2 aromatic carbocycles. The molecular weight excluding hydrogens is 260 g/mol. The van der Waals surface area contributed by atoms with Crippen LogP contribution < -0.4 is 11.3 Å². The van der Waals surface area contributed by atoms with Crippen molar-refractivity contribution in [3.05, 3.63) is 69.7 Å². The number of nitrogens with two attached hydrogens (primary N) is 1. The molecule has 1 unspecified atom stereocenters. The van der Waals surface area contributed by atoms with Gasteiger partial charge >= 0.3 is 0 Å². The molecule has 0 saturated heterocycles. The number of halogens is 1. The van der Waals surface area contributed by atoms with E-state index in [0.717, 1.165) is 11.1 Å². The largest absolute Gasteiger partial charge is 0.372 e. The van der Waals surface area contributed by atoms with Gasteiger partial charge in [-0.1, -0.05) is 41.9 Å². The number of nitrogens with one attached hydrogen (secondary N) is 1. The van der Waals surface area contributed by atoms with Crippen molar-refractivity contribution in [1.29, 1.82) is 0 Å². The lowest BCUT2D eigenvalue weighted by molar-refractivity contribution is 0.134. The van der Waals surface area contributed by atoms with Crippen molar-refractivity contribution < 1.29 is 4.74 Å². The summed E-state index contributed by atoms with van der Waals surface area (Å²) < 4.78 is 5.44. The molecular formula is C15H15ClN2O. The number of hydrazine groups is 1. The van der Waals surface area contributed by atoms with Crippen LogP contribution in [0.3, 0.4) is 0 Å². The Kier molecular flexibility index (Phi) is 3.53. The summed E-state index contributed by atoms with van der Waals surface area (Å²) in [6, 6.07) is 14.0. The van der Waals surface area contributed by atoms with Crippen LogP contribution in [0.1, 0.15) is 28.3 Å². The van der Waals surface area contributed by atoms with Crippen molar-refractivity contribution in [2.45, 2.75) is 19.3 Å². The van der Waals surface area contributed by atoms with E-state index in [0.29, 0.717) is 18.2 Å². The fraction of sp³-hybridized carbons (Fsp3) is 0.200. The Hall–Kier alpha value is -1.39. The molecule has 3 nitrogen and oxygen atoms in total. The van der Waals surface area contributed by atoms with E-state index < -0.39 is 0 Å². The highest BCUT2D eigenvalue weighted by molar-refractivity contribution is 6.30. The highest BCUT2D eigenvalue weighted by Crippen LogP contribution is 2.28.